The predicted molar refractivity (Wildman–Crippen MR) is 116 cm³/mol. The summed E-state index contributed by atoms with van der Waals surface area (Å²) in [5.41, 5.74) is 9.77. The number of halogens is 3. The molecule has 1 rings (SSSR count). The molecule has 184 valence electrons. The Morgan fingerprint density at radius 2 is 1.70 bits per heavy atom. The van der Waals surface area contributed by atoms with Gasteiger partial charge in [-0.05, 0) is 31.2 Å². The molecule has 1 aromatic rings. The minimum absolute atomic E-state index is 0.0204. The fraction of sp³-hybridized carbons (Fsp3) is 0.500. The van der Waals surface area contributed by atoms with Gasteiger partial charge in [-0.3, -0.25) is 25.0 Å². The summed E-state index contributed by atoms with van der Waals surface area (Å²) in [5.74, 6) is -5.30. The van der Waals surface area contributed by atoms with Crippen molar-refractivity contribution < 1.29 is 32.8 Å². The molecule has 0 saturated carbocycles. The number of hydrazine groups is 1. The van der Waals surface area contributed by atoms with Crippen LogP contribution in [0, 0.1) is 17.8 Å². The van der Waals surface area contributed by atoms with Crippen molar-refractivity contribution in [2.75, 3.05) is 6.54 Å². The van der Waals surface area contributed by atoms with Crippen LogP contribution in [0.1, 0.15) is 39.2 Å². The molecule has 0 heterocycles. The molecule has 0 bridgehead atoms. The summed E-state index contributed by atoms with van der Waals surface area (Å²) in [6.07, 6.45) is -1.29. The standard InChI is InChI=1S/C22H31F3N4O4/c1-14(2)12-18(19(30)27-29(13-22(23,24)25)21(32)15(3)26)17(20(31)28-33)11-7-10-16-8-5-4-6-9-16/h4-10,14-15,17-18,33H,11-13,26H2,1-3H3,(H,27,30)(H,28,31)/b10-7+/t15-,17+,18-/m1/s1. The van der Waals surface area contributed by atoms with Gasteiger partial charge in [0.05, 0.1) is 17.9 Å². The third-order valence-electron chi connectivity index (χ3n) is 4.73. The zero-order valence-corrected chi connectivity index (χ0v) is 18.8. The van der Waals surface area contributed by atoms with Gasteiger partial charge in [-0.1, -0.05) is 56.3 Å². The number of hydrogen-bond acceptors (Lipinski definition) is 5. The van der Waals surface area contributed by atoms with Crippen molar-refractivity contribution in [3.05, 3.63) is 42.0 Å². The third kappa shape index (κ3) is 10.0. The van der Waals surface area contributed by atoms with Crippen molar-refractivity contribution >= 4 is 23.8 Å². The van der Waals surface area contributed by atoms with Crippen LogP contribution in [0.15, 0.2) is 36.4 Å². The van der Waals surface area contributed by atoms with E-state index in [-0.39, 0.29) is 23.8 Å². The van der Waals surface area contributed by atoms with E-state index in [1.165, 1.54) is 12.4 Å². The minimum Gasteiger partial charge on any atom is -0.320 e. The molecule has 3 amide bonds. The second-order valence-corrected chi connectivity index (χ2v) is 8.17. The van der Waals surface area contributed by atoms with Crippen LogP contribution in [0.2, 0.25) is 0 Å². The molecule has 0 aliphatic carbocycles. The summed E-state index contributed by atoms with van der Waals surface area (Å²) in [5, 5.41) is 9.32. The van der Waals surface area contributed by atoms with Crippen LogP contribution in [0.4, 0.5) is 13.2 Å². The number of benzene rings is 1. The van der Waals surface area contributed by atoms with Crippen molar-refractivity contribution in [2.24, 2.45) is 23.5 Å². The second-order valence-electron chi connectivity index (χ2n) is 8.17. The summed E-state index contributed by atoms with van der Waals surface area (Å²) in [6, 6.07) is 7.82. The van der Waals surface area contributed by atoms with Crippen molar-refractivity contribution in [1.82, 2.24) is 15.9 Å². The lowest BCUT2D eigenvalue weighted by molar-refractivity contribution is -0.172. The Labute approximate surface area is 190 Å². The highest BCUT2D eigenvalue weighted by atomic mass is 19.4. The fourth-order valence-corrected chi connectivity index (χ4v) is 3.23. The van der Waals surface area contributed by atoms with Gasteiger partial charge in [0, 0.05) is 0 Å². The van der Waals surface area contributed by atoms with Crippen LogP contribution in [-0.2, 0) is 14.4 Å². The van der Waals surface area contributed by atoms with Crippen LogP contribution in [0.5, 0.6) is 0 Å². The van der Waals surface area contributed by atoms with Crippen molar-refractivity contribution in [3.8, 4) is 0 Å². The lowest BCUT2D eigenvalue weighted by Gasteiger charge is -2.30. The molecule has 11 heteroatoms. The molecule has 3 atom stereocenters. The van der Waals surface area contributed by atoms with E-state index in [1.54, 1.807) is 26.0 Å². The summed E-state index contributed by atoms with van der Waals surface area (Å²) in [7, 11) is 0. The molecule has 5 N–H and O–H groups in total. The Bertz CT molecular complexity index is 814. The van der Waals surface area contributed by atoms with E-state index in [2.05, 4.69) is 0 Å². The molecule has 0 unspecified atom stereocenters. The molecule has 0 aliphatic heterocycles. The monoisotopic (exact) mass is 472 g/mol. The molecule has 1 aromatic carbocycles. The average Bonchev–Trinajstić information content (AvgIpc) is 2.73. The molecule has 0 fully saturated rings. The highest BCUT2D eigenvalue weighted by molar-refractivity contribution is 5.89. The number of nitrogens with one attached hydrogen (secondary N) is 2. The normalized spacial score (nSPS) is 14.6. The maximum atomic E-state index is 13.0. The number of amides is 3. The molecule has 33 heavy (non-hydrogen) atoms. The zero-order valence-electron chi connectivity index (χ0n) is 18.8. The molecule has 0 aliphatic rings. The van der Waals surface area contributed by atoms with E-state index in [0.717, 1.165) is 5.56 Å². The summed E-state index contributed by atoms with van der Waals surface area (Å²) >= 11 is 0. The average molecular weight is 473 g/mol. The number of hydroxylamine groups is 1. The quantitative estimate of drug-likeness (QED) is 0.308. The number of carbonyl (C=O) groups excluding carboxylic acids is 3. The highest BCUT2D eigenvalue weighted by Gasteiger charge is 2.38. The third-order valence-corrected chi connectivity index (χ3v) is 4.73. The number of carbonyl (C=O) groups is 3. The van der Waals surface area contributed by atoms with Gasteiger partial charge in [0.2, 0.25) is 11.8 Å². The lowest BCUT2D eigenvalue weighted by Crippen LogP contribution is -2.57. The minimum atomic E-state index is -4.79. The number of alkyl halides is 3. The van der Waals surface area contributed by atoms with Crippen LogP contribution in [0.3, 0.4) is 0 Å². The van der Waals surface area contributed by atoms with E-state index < -0.39 is 48.3 Å². The summed E-state index contributed by atoms with van der Waals surface area (Å²) < 4.78 is 38.9. The molecule has 0 spiro atoms. The first kappa shape index (κ1) is 28.1. The number of nitrogens with two attached hydrogens (primary N) is 1. The molecule has 0 saturated heterocycles. The molecule has 0 radical (unpaired) electrons. The first-order valence-electron chi connectivity index (χ1n) is 10.5. The van der Waals surface area contributed by atoms with Crippen molar-refractivity contribution in [2.45, 2.75) is 45.8 Å². The van der Waals surface area contributed by atoms with Gasteiger partial charge < -0.3 is 5.73 Å². The van der Waals surface area contributed by atoms with Gasteiger partial charge in [0.25, 0.3) is 5.91 Å². The smallest absolute Gasteiger partial charge is 0.320 e. The van der Waals surface area contributed by atoms with Gasteiger partial charge in [-0.15, -0.1) is 0 Å². The maximum absolute atomic E-state index is 13.0. The first-order chi connectivity index (χ1) is 15.4. The van der Waals surface area contributed by atoms with Crippen molar-refractivity contribution in [3.63, 3.8) is 0 Å². The predicted octanol–water partition coefficient (Wildman–Crippen LogP) is 2.64. The molecule has 8 nitrogen and oxygen atoms in total. The highest BCUT2D eigenvalue weighted by Crippen LogP contribution is 2.26. The van der Waals surface area contributed by atoms with Gasteiger partial charge in [0.15, 0.2) is 0 Å². The van der Waals surface area contributed by atoms with Crippen LogP contribution in [0.25, 0.3) is 6.08 Å². The zero-order chi connectivity index (χ0) is 25.2. The van der Waals surface area contributed by atoms with E-state index in [1.807, 2.05) is 35.8 Å². The Kier molecular flexibility index (Phi) is 11.0. The van der Waals surface area contributed by atoms with Crippen molar-refractivity contribution in [1.29, 1.82) is 0 Å². The SMILES string of the molecule is CC(C)C[C@@H](C(=O)NN(CC(F)(F)F)C(=O)[C@@H](C)N)[C@H](C/C=C/c1ccccc1)C(=O)NO. The number of rotatable bonds is 10. The van der Waals surface area contributed by atoms with Gasteiger partial charge in [-0.25, -0.2) is 10.5 Å². The van der Waals surface area contributed by atoms with Crippen LogP contribution >= 0.6 is 0 Å². The maximum Gasteiger partial charge on any atom is 0.408 e. The van der Waals surface area contributed by atoms with E-state index in [0.29, 0.717) is 0 Å². The van der Waals surface area contributed by atoms with Gasteiger partial charge in [-0.2, -0.15) is 13.2 Å². The molecule has 0 aromatic heterocycles. The van der Waals surface area contributed by atoms with Gasteiger partial charge >= 0.3 is 6.18 Å². The Morgan fingerprint density at radius 3 is 2.18 bits per heavy atom. The van der Waals surface area contributed by atoms with E-state index >= 15 is 0 Å². The largest absolute Gasteiger partial charge is 0.408 e. The second kappa shape index (κ2) is 12.9. The van der Waals surface area contributed by atoms with E-state index in [9.17, 15) is 32.8 Å². The summed E-state index contributed by atoms with van der Waals surface area (Å²) in [6.45, 7) is 3.00. The van der Waals surface area contributed by atoms with Gasteiger partial charge in [0.1, 0.15) is 6.54 Å². The van der Waals surface area contributed by atoms with Crippen LogP contribution in [-0.4, -0.2) is 46.7 Å². The number of nitrogens with zero attached hydrogens (tertiary/aromatic N) is 1. The van der Waals surface area contributed by atoms with E-state index in [4.69, 9.17) is 5.73 Å². The number of allylic oxidation sites excluding steroid dienone is 1. The Hall–Kier alpha value is -2.92. The lowest BCUT2D eigenvalue weighted by atomic mass is 9.82. The van der Waals surface area contributed by atoms with Crippen LogP contribution < -0.4 is 16.6 Å². The summed E-state index contributed by atoms with van der Waals surface area (Å²) in [4.78, 5) is 37.5. The Balaban J connectivity index is 3.18. The fourth-order valence-electron chi connectivity index (χ4n) is 3.23. The molecular formula is C22H31F3N4O4. The topological polar surface area (TPSA) is 125 Å². The number of hydrogen-bond donors (Lipinski definition) is 4. The molecular weight excluding hydrogens is 441 g/mol. The Morgan fingerprint density at radius 1 is 1.09 bits per heavy atom. The first-order valence-corrected chi connectivity index (χ1v) is 10.5.